The molecule has 1 aromatic heterocycles. The number of nitrogens with zero attached hydrogens (tertiary/aromatic N) is 1. The molecule has 1 aliphatic heterocycles. The molecular formula is C16H14F3N3O2. The standard InChI is InChI=1S/C16H14F3N3O2/c17-16(18,19)13-4-3-12(14-21-22-15(23)24-14)9-11(13)2-1-10-5-7-20-8-6-10/h3-4,9-10,20H,5-8H2,(H,22,23). The molecule has 0 atom stereocenters. The quantitative estimate of drug-likeness (QED) is 0.784. The van der Waals surface area contributed by atoms with Gasteiger partial charge in [0.2, 0.25) is 5.89 Å². The van der Waals surface area contributed by atoms with Gasteiger partial charge in [0.25, 0.3) is 0 Å². The second-order valence-electron chi connectivity index (χ2n) is 5.47. The van der Waals surface area contributed by atoms with Crippen molar-refractivity contribution in [1.82, 2.24) is 15.5 Å². The van der Waals surface area contributed by atoms with Crippen LogP contribution in [0.3, 0.4) is 0 Å². The Labute approximate surface area is 135 Å². The molecule has 2 aromatic rings. The van der Waals surface area contributed by atoms with Gasteiger partial charge < -0.3 is 9.73 Å². The number of nitrogens with one attached hydrogen (secondary N) is 2. The van der Waals surface area contributed by atoms with E-state index in [0.29, 0.717) is 0 Å². The molecule has 2 N–H and O–H groups in total. The maximum Gasteiger partial charge on any atom is 0.434 e. The molecule has 8 heteroatoms. The Morgan fingerprint density at radius 2 is 2.00 bits per heavy atom. The average Bonchev–Trinajstić information content (AvgIpc) is 2.99. The lowest BCUT2D eigenvalue weighted by Crippen LogP contribution is -2.26. The number of halogens is 3. The van der Waals surface area contributed by atoms with Crippen molar-refractivity contribution in [2.45, 2.75) is 19.0 Å². The Morgan fingerprint density at radius 3 is 2.62 bits per heavy atom. The molecule has 3 rings (SSSR count). The predicted molar refractivity (Wildman–Crippen MR) is 80.0 cm³/mol. The normalized spacial score (nSPS) is 15.8. The van der Waals surface area contributed by atoms with Gasteiger partial charge in [-0.3, -0.25) is 0 Å². The summed E-state index contributed by atoms with van der Waals surface area (Å²) in [5.74, 6) is 4.80. The minimum atomic E-state index is -4.51. The van der Waals surface area contributed by atoms with Crippen LogP contribution in [0.15, 0.2) is 27.4 Å². The molecule has 2 heterocycles. The highest BCUT2D eigenvalue weighted by atomic mass is 19.4. The molecule has 0 unspecified atom stereocenters. The number of benzene rings is 1. The molecule has 1 aromatic carbocycles. The van der Waals surface area contributed by atoms with Crippen molar-refractivity contribution in [3.8, 4) is 23.3 Å². The molecule has 24 heavy (non-hydrogen) atoms. The number of piperidine rings is 1. The molecule has 0 bridgehead atoms. The summed E-state index contributed by atoms with van der Waals surface area (Å²) in [5.41, 5.74) is -0.703. The van der Waals surface area contributed by atoms with Crippen LogP contribution in [0.4, 0.5) is 13.2 Å². The summed E-state index contributed by atoms with van der Waals surface area (Å²) < 4.78 is 44.3. The maximum atomic E-state index is 13.2. The summed E-state index contributed by atoms with van der Waals surface area (Å²) in [6.07, 6.45) is -2.90. The van der Waals surface area contributed by atoms with Gasteiger partial charge in [-0.1, -0.05) is 11.8 Å². The molecule has 0 spiro atoms. The van der Waals surface area contributed by atoms with E-state index >= 15 is 0 Å². The number of H-pyrrole nitrogens is 1. The summed E-state index contributed by atoms with van der Waals surface area (Å²) in [5, 5.41) is 8.88. The first-order chi connectivity index (χ1) is 11.4. The summed E-state index contributed by atoms with van der Waals surface area (Å²) in [7, 11) is 0. The summed E-state index contributed by atoms with van der Waals surface area (Å²) in [6, 6.07) is 3.38. The SMILES string of the molecule is O=c1[nH]nc(-c2ccc(C(F)(F)F)c(C#CC3CCNCC3)c2)o1. The Balaban J connectivity index is 2.00. The average molecular weight is 337 g/mol. The third-order valence-corrected chi connectivity index (χ3v) is 3.76. The Bertz CT molecular complexity index is 836. The predicted octanol–water partition coefficient (Wildman–Crippen LogP) is 2.40. The van der Waals surface area contributed by atoms with Crippen molar-refractivity contribution < 1.29 is 17.6 Å². The van der Waals surface area contributed by atoms with Crippen molar-refractivity contribution in [3.63, 3.8) is 0 Å². The maximum absolute atomic E-state index is 13.2. The van der Waals surface area contributed by atoms with E-state index in [1.54, 1.807) is 0 Å². The summed E-state index contributed by atoms with van der Waals surface area (Å²) >= 11 is 0. The zero-order valence-electron chi connectivity index (χ0n) is 12.5. The first-order valence-electron chi connectivity index (χ1n) is 7.43. The van der Waals surface area contributed by atoms with Gasteiger partial charge in [-0.25, -0.2) is 9.89 Å². The van der Waals surface area contributed by atoms with E-state index in [-0.39, 0.29) is 22.9 Å². The molecule has 0 amide bonds. The molecule has 0 radical (unpaired) electrons. The lowest BCUT2D eigenvalue weighted by Gasteiger charge is -2.17. The molecule has 1 fully saturated rings. The highest BCUT2D eigenvalue weighted by Gasteiger charge is 2.33. The number of rotatable bonds is 1. The second kappa shape index (κ2) is 6.53. The van der Waals surface area contributed by atoms with E-state index in [4.69, 9.17) is 4.42 Å². The monoisotopic (exact) mass is 337 g/mol. The molecule has 0 aliphatic carbocycles. The summed E-state index contributed by atoms with van der Waals surface area (Å²) in [4.78, 5) is 11.0. The zero-order valence-corrected chi connectivity index (χ0v) is 12.5. The topological polar surface area (TPSA) is 70.9 Å². The van der Waals surface area contributed by atoms with Crippen LogP contribution in [0.25, 0.3) is 11.5 Å². The zero-order chi connectivity index (χ0) is 17.2. The fourth-order valence-electron chi connectivity index (χ4n) is 2.53. The minimum absolute atomic E-state index is 0.0688. The molecular weight excluding hydrogens is 323 g/mol. The number of aromatic amines is 1. The number of hydrogen-bond donors (Lipinski definition) is 2. The largest absolute Gasteiger partial charge is 0.434 e. The van der Waals surface area contributed by atoms with Gasteiger partial charge in [0.1, 0.15) is 0 Å². The van der Waals surface area contributed by atoms with Crippen LogP contribution in [-0.2, 0) is 6.18 Å². The van der Waals surface area contributed by atoms with Gasteiger partial charge in [0, 0.05) is 17.0 Å². The van der Waals surface area contributed by atoms with Gasteiger partial charge in [0.15, 0.2) is 0 Å². The lowest BCUT2D eigenvalue weighted by molar-refractivity contribution is -0.137. The van der Waals surface area contributed by atoms with E-state index < -0.39 is 17.5 Å². The van der Waals surface area contributed by atoms with Crippen LogP contribution in [-0.4, -0.2) is 23.3 Å². The van der Waals surface area contributed by atoms with Gasteiger partial charge >= 0.3 is 11.9 Å². The van der Waals surface area contributed by atoms with Crippen LogP contribution in [0, 0.1) is 17.8 Å². The Morgan fingerprint density at radius 1 is 1.25 bits per heavy atom. The van der Waals surface area contributed by atoms with Crippen LogP contribution in [0.2, 0.25) is 0 Å². The molecule has 1 saturated heterocycles. The molecule has 0 saturated carbocycles. The number of alkyl halides is 3. The van der Waals surface area contributed by atoms with Crippen molar-refractivity contribution in [2.75, 3.05) is 13.1 Å². The first kappa shape index (κ1) is 16.3. The van der Waals surface area contributed by atoms with Crippen molar-refractivity contribution in [3.05, 3.63) is 39.9 Å². The minimum Gasteiger partial charge on any atom is -0.388 e. The van der Waals surface area contributed by atoms with Crippen LogP contribution in [0.5, 0.6) is 0 Å². The van der Waals surface area contributed by atoms with E-state index in [0.717, 1.165) is 32.0 Å². The van der Waals surface area contributed by atoms with Crippen LogP contribution >= 0.6 is 0 Å². The third kappa shape index (κ3) is 3.68. The van der Waals surface area contributed by atoms with Gasteiger partial charge in [-0.15, -0.1) is 5.10 Å². The lowest BCUT2D eigenvalue weighted by atomic mass is 9.97. The smallest absolute Gasteiger partial charge is 0.388 e. The molecule has 5 nitrogen and oxygen atoms in total. The second-order valence-corrected chi connectivity index (χ2v) is 5.47. The van der Waals surface area contributed by atoms with Crippen LogP contribution in [0.1, 0.15) is 24.0 Å². The fourth-order valence-corrected chi connectivity index (χ4v) is 2.53. The third-order valence-electron chi connectivity index (χ3n) is 3.76. The van der Waals surface area contributed by atoms with Crippen molar-refractivity contribution in [1.29, 1.82) is 0 Å². The highest BCUT2D eigenvalue weighted by Crippen LogP contribution is 2.33. The van der Waals surface area contributed by atoms with E-state index in [1.165, 1.54) is 12.1 Å². The first-order valence-corrected chi connectivity index (χ1v) is 7.43. The molecule has 1 aliphatic rings. The Kier molecular flexibility index (Phi) is 4.44. The summed E-state index contributed by atoms with van der Waals surface area (Å²) in [6.45, 7) is 1.62. The van der Waals surface area contributed by atoms with Gasteiger partial charge in [-0.05, 0) is 44.1 Å². The highest BCUT2D eigenvalue weighted by molar-refractivity contribution is 5.59. The van der Waals surface area contributed by atoms with Crippen molar-refractivity contribution >= 4 is 0 Å². The van der Waals surface area contributed by atoms with Gasteiger partial charge in [0.05, 0.1) is 5.56 Å². The van der Waals surface area contributed by atoms with E-state index in [9.17, 15) is 18.0 Å². The fraction of sp³-hybridized carbons (Fsp3) is 0.375. The van der Waals surface area contributed by atoms with E-state index in [1.807, 2.05) is 0 Å². The van der Waals surface area contributed by atoms with Gasteiger partial charge in [-0.2, -0.15) is 13.2 Å². The number of hydrogen-bond acceptors (Lipinski definition) is 4. The van der Waals surface area contributed by atoms with Crippen LogP contribution < -0.4 is 11.1 Å². The number of aromatic nitrogens is 2. The molecule has 126 valence electrons. The Hall–Kier alpha value is -2.53. The van der Waals surface area contributed by atoms with Crippen molar-refractivity contribution in [2.24, 2.45) is 5.92 Å². The van der Waals surface area contributed by atoms with E-state index in [2.05, 4.69) is 27.4 Å².